The molecule has 1 fully saturated rings. The van der Waals surface area contributed by atoms with E-state index in [0.29, 0.717) is 13.0 Å². The van der Waals surface area contributed by atoms with Gasteiger partial charge in [-0.3, -0.25) is 4.79 Å². The largest absolute Gasteiger partial charge is 0.392 e. The number of carbonyl (C=O) groups is 1. The average molecular weight is 144 g/mol. The molecule has 0 bridgehead atoms. The quantitative estimate of drug-likeness (QED) is 0.463. The highest BCUT2D eigenvalue weighted by Gasteiger charge is 2.28. The summed E-state index contributed by atoms with van der Waals surface area (Å²) in [6, 6.07) is -0.563. The summed E-state index contributed by atoms with van der Waals surface area (Å²) in [7, 11) is 0. The van der Waals surface area contributed by atoms with Crippen LogP contribution in [0.2, 0.25) is 0 Å². The summed E-state index contributed by atoms with van der Waals surface area (Å²) in [5, 5.41) is 13.8. The number of nitrogens with one attached hydrogen (secondary N) is 1. The van der Waals surface area contributed by atoms with Crippen molar-refractivity contribution in [3.05, 3.63) is 4.91 Å². The molecule has 0 spiro atoms. The number of hydrogen-bond acceptors (Lipinski definition) is 4. The first-order valence-electron chi connectivity index (χ1n) is 3.02. The highest BCUT2D eigenvalue weighted by atomic mass is 16.3. The Labute approximate surface area is 57.4 Å². The molecule has 0 aliphatic carbocycles. The maximum Gasteiger partial charge on any atom is 0.303 e. The molecule has 0 aromatic heterocycles. The van der Waals surface area contributed by atoms with Gasteiger partial charge in [0.1, 0.15) is 0 Å². The molecule has 1 amide bonds. The van der Waals surface area contributed by atoms with Gasteiger partial charge in [0, 0.05) is 11.7 Å². The predicted molar refractivity (Wildman–Crippen MR) is 33.2 cm³/mol. The number of β-amino-alcohol motifs (C(OH)–C–C–N with tert-alkyl or cyclic N) is 1. The Bertz CT molecular complexity index is 159. The minimum Gasteiger partial charge on any atom is -0.392 e. The Hall–Kier alpha value is -0.810. The SMILES string of the molecule is O=NC(=O)[C@@H]1C[C@@H](O)CN1. The van der Waals surface area contributed by atoms with E-state index in [0.717, 1.165) is 0 Å². The van der Waals surface area contributed by atoms with Crippen LogP contribution in [0.15, 0.2) is 5.18 Å². The van der Waals surface area contributed by atoms with Crippen LogP contribution >= 0.6 is 0 Å². The van der Waals surface area contributed by atoms with Gasteiger partial charge < -0.3 is 10.4 Å². The van der Waals surface area contributed by atoms with E-state index in [-0.39, 0.29) is 0 Å². The maximum absolute atomic E-state index is 10.5. The monoisotopic (exact) mass is 144 g/mol. The number of carbonyl (C=O) groups excluding carboxylic acids is 1. The van der Waals surface area contributed by atoms with Gasteiger partial charge in [-0.05, 0) is 6.42 Å². The highest BCUT2D eigenvalue weighted by Crippen LogP contribution is 2.06. The number of aliphatic hydroxyl groups excluding tert-OH is 1. The highest BCUT2D eigenvalue weighted by molar-refractivity contribution is 5.82. The van der Waals surface area contributed by atoms with Gasteiger partial charge in [-0.1, -0.05) is 0 Å². The van der Waals surface area contributed by atoms with Crippen LogP contribution in [0.3, 0.4) is 0 Å². The van der Waals surface area contributed by atoms with E-state index in [1.54, 1.807) is 0 Å². The lowest BCUT2D eigenvalue weighted by atomic mass is 10.2. The summed E-state index contributed by atoms with van der Waals surface area (Å²) >= 11 is 0. The third kappa shape index (κ3) is 1.37. The van der Waals surface area contributed by atoms with Crippen LogP contribution in [0.1, 0.15) is 6.42 Å². The van der Waals surface area contributed by atoms with Crippen LogP contribution in [0.25, 0.3) is 0 Å². The zero-order valence-electron chi connectivity index (χ0n) is 5.28. The number of aliphatic hydroxyl groups is 1. The van der Waals surface area contributed by atoms with Crippen LogP contribution in [0.5, 0.6) is 0 Å². The van der Waals surface area contributed by atoms with E-state index in [1.165, 1.54) is 0 Å². The Morgan fingerprint density at radius 2 is 2.40 bits per heavy atom. The molecule has 0 radical (unpaired) electrons. The summed E-state index contributed by atoms with van der Waals surface area (Å²) < 4.78 is 0. The van der Waals surface area contributed by atoms with Crippen molar-refractivity contribution in [1.82, 2.24) is 5.32 Å². The van der Waals surface area contributed by atoms with Crippen molar-refractivity contribution in [3.8, 4) is 0 Å². The molecule has 1 aliphatic rings. The van der Waals surface area contributed by atoms with Crippen molar-refractivity contribution in [3.63, 3.8) is 0 Å². The third-order valence-corrected chi connectivity index (χ3v) is 1.50. The van der Waals surface area contributed by atoms with Crippen molar-refractivity contribution >= 4 is 5.91 Å². The van der Waals surface area contributed by atoms with Crippen molar-refractivity contribution < 1.29 is 9.90 Å². The third-order valence-electron chi connectivity index (χ3n) is 1.50. The molecule has 2 atom stereocenters. The van der Waals surface area contributed by atoms with Gasteiger partial charge in [0.15, 0.2) is 0 Å². The van der Waals surface area contributed by atoms with Crippen LogP contribution in [-0.2, 0) is 4.79 Å². The fraction of sp³-hybridized carbons (Fsp3) is 0.800. The lowest BCUT2D eigenvalue weighted by Gasteiger charge is -1.99. The van der Waals surface area contributed by atoms with Crippen LogP contribution in [-0.4, -0.2) is 29.7 Å². The number of nitroso groups, excluding NO2 is 1. The van der Waals surface area contributed by atoms with Crippen molar-refractivity contribution in [2.24, 2.45) is 5.18 Å². The van der Waals surface area contributed by atoms with Gasteiger partial charge in [-0.15, -0.1) is 4.91 Å². The standard InChI is InChI=1S/C5H8N2O3/c8-3-1-4(6-2-3)5(9)7-10/h3-4,6,8H,1-2H2/t3-,4+/m1/s1. The Morgan fingerprint density at radius 3 is 2.80 bits per heavy atom. The Balaban J connectivity index is 2.44. The molecule has 0 unspecified atom stereocenters. The number of rotatable bonds is 1. The number of nitrogens with zero attached hydrogens (tertiary/aromatic N) is 1. The molecule has 5 heteroatoms. The average Bonchev–Trinajstić information content (AvgIpc) is 2.34. The van der Waals surface area contributed by atoms with Gasteiger partial charge in [-0.2, -0.15) is 0 Å². The second-order valence-electron chi connectivity index (χ2n) is 2.28. The van der Waals surface area contributed by atoms with Crippen LogP contribution in [0.4, 0.5) is 0 Å². The minimum absolute atomic E-state index is 0.296. The second-order valence-corrected chi connectivity index (χ2v) is 2.28. The molecule has 0 aromatic rings. The predicted octanol–water partition coefficient (Wildman–Crippen LogP) is -0.998. The molecule has 0 saturated carbocycles. The van der Waals surface area contributed by atoms with Gasteiger partial charge in [0.2, 0.25) is 0 Å². The van der Waals surface area contributed by atoms with E-state index in [4.69, 9.17) is 5.11 Å². The summed E-state index contributed by atoms with van der Waals surface area (Å²) in [6.07, 6.45) is -0.222. The molecular formula is C5H8N2O3. The Kier molecular flexibility index (Phi) is 2.08. The lowest BCUT2D eigenvalue weighted by molar-refractivity contribution is -0.119. The smallest absolute Gasteiger partial charge is 0.303 e. The van der Waals surface area contributed by atoms with Crippen molar-refractivity contribution in [2.45, 2.75) is 18.6 Å². The number of amides is 1. The summed E-state index contributed by atoms with van der Waals surface area (Å²) in [5.41, 5.74) is 0. The molecule has 1 heterocycles. The fourth-order valence-electron chi connectivity index (χ4n) is 0.969. The van der Waals surface area contributed by atoms with E-state index in [1.807, 2.05) is 0 Å². The van der Waals surface area contributed by atoms with Crippen LogP contribution in [0, 0.1) is 4.91 Å². The molecular weight excluding hydrogens is 136 g/mol. The maximum atomic E-state index is 10.5. The topological polar surface area (TPSA) is 78.8 Å². The molecule has 1 aliphatic heterocycles. The normalized spacial score (nSPS) is 32.1. The zero-order chi connectivity index (χ0) is 7.56. The Morgan fingerprint density at radius 1 is 1.70 bits per heavy atom. The molecule has 0 aromatic carbocycles. The van der Waals surface area contributed by atoms with Crippen LogP contribution < -0.4 is 5.32 Å². The van der Waals surface area contributed by atoms with E-state index >= 15 is 0 Å². The first kappa shape index (κ1) is 7.30. The second kappa shape index (κ2) is 2.85. The summed E-state index contributed by atoms with van der Waals surface area (Å²) in [4.78, 5) is 20.2. The molecule has 10 heavy (non-hydrogen) atoms. The van der Waals surface area contributed by atoms with Gasteiger partial charge >= 0.3 is 5.91 Å². The van der Waals surface area contributed by atoms with Crippen molar-refractivity contribution in [2.75, 3.05) is 6.54 Å². The number of hydrogen-bond donors (Lipinski definition) is 2. The van der Waals surface area contributed by atoms with E-state index in [9.17, 15) is 9.70 Å². The molecule has 2 N–H and O–H groups in total. The molecule has 56 valence electrons. The first-order chi connectivity index (χ1) is 4.74. The fourth-order valence-corrected chi connectivity index (χ4v) is 0.969. The van der Waals surface area contributed by atoms with Crippen molar-refractivity contribution in [1.29, 1.82) is 0 Å². The summed E-state index contributed by atoms with van der Waals surface area (Å²) in [5.74, 6) is -0.725. The molecule has 5 nitrogen and oxygen atoms in total. The van der Waals surface area contributed by atoms with E-state index < -0.39 is 18.1 Å². The zero-order valence-corrected chi connectivity index (χ0v) is 5.28. The first-order valence-corrected chi connectivity index (χ1v) is 3.02. The minimum atomic E-state index is -0.725. The van der Waals surface area contributed by atoms with E-state index in [2.05, 4.69) is 10.5 Å². The van der Waals surface area contributed by atoms with Gasteiger partial charge in [0.05, 0.1) is 12.1 Å². The lowest BCUT2D eigenvalue weighted by Crippen LogP contribution is -2.28. The molecule has 1 rings (SSSR count). The summed E-state index contributed by atoms with van der Waals surface area (Å²) in [6.45, 7) is 0.367. The molecule has 1 saturated heterocycles. The van der Waals surface area contributed by atoms with Gasteiger partial charge in [-0.25, -0.2) is 0 Å². The van der Waals surface area contributed by atoms with Gasteiger partial charge in [0.25, 0.3) is 0 Å².